The van der Waals surface area contributed by atoms with Gasteiger partial charge in [0.1, 0.15) is 11.3 Å². The van der Waals surface area contributed by atoms with Gasteiger partial charge in [-0.15, -0.1) is 0 Å². The molecule has 1 aromatic heterocycles. The Morgan fingerprint density at radius 3 is 2.85 bits per heavy atom. The van der Waals surface area contributed by atoms with E-state index >= 15 is 0 Å². The normalized spacial score (nSPS) is 11.2. The summed E-state index contributed by atoms with van der Waals surface area (Å²) in [6.45, 7) is 3.78. The van der Waals surface area contributed by atoms with E-state index < -0.39 is 0 Å². The lowest BCUT2D eigenvalue weighted by atomic mass is 10.1. The molecule has 108 valence electrons. The quantitative estimate of drug-likeness (QED) is 0.413. The molecule has 2 rings (SSSR count). The van der Waals surface area contributed by atoms with Crippen molar-refractivity contribution in [1.29, 1.82) is 0 Å². The highest BCUT2D eigenvalue weighted by atomic mass is 16.3. The van der Waals surface area contributed by atoms with E-state index in [-0.39, 0.29) is 12.5 Å². The first kappa shape index (κ1) is 14.5. The highest BCUT2D eigenvalue weighted by Crippen LogP contribution is 2.26. The largest absolute Gasteiger partial charge is 0.459 e. The molecule has 0 spiro atoms. The number of benzene rings is 1. The predicted molar refractivity (Wildman–Crippen MR) is 75.9 cm³/mol. The van der Waals surface area contributed by atoms with E-state index in [1.807, 2.05) is 36.1 Å². The summed E-state index contributed by atoms with van der Waals surface area (Å²) in [5, 5.41) is 9.78. The van der Waals surface area contributed by atoms with Crippen LogP contribution in [0.15, 0.2) is 28.7 Å². The van der Waals surface area contributed by atoms with Crippen LogP contribution in [0.4, 0.5) is 0 Å². The van der Waals surface area contributed by atoms with E-state index in [4.69, 9.17) is 15.4 Å². The fourth-order valence-corrected chi connectivity index (χ4v) is 2.22. The lowest BCUT2D eigenvalue weighted by Crippen LogP contribution is -2.32. The van der Waals surface area contributed by atoms with Gasteiger partial charge < -0.3 is 9.52 Å². The molecule has 6 heteroatoms. The number of furan rings is 1. The predicted octanol–water partition coefficient (Wildman–Crippen LogP) is 0.850. The van der Waals surface area contributed by atoms with Crippen LogP contribution in [0.5, 0.6) is 0 Å². The van der Waals surface area contributed by atoms with Gasteiger partial charge in [-0.25, -0.2) is 5.84 Å². The smallest absolute Gasteiger partial charge is 0.269 e. The second-order valence-corrected chi connectivity index (χ2v) is 4.46. The number of hydrazine groups is 1. The Labute approximate surface area is 117 Å². The molecule has 1 heterocycles. The molecule has 0 fully saturated rings. The standard InChI is InChI=1S/C14H19N3O3/c1-2-17(7-8-18)9-12-13(14(19)16-15)10-5-3-4-6-11(10)20-12/h3-6,18H,2,7-9,15H2,1H3,(H,16,19). The molecule has 0 aliphatic heterocycles. The summed E-state index contributed by atoms with van der Waals surface area (Å²) in [6.07, 6.45) is 0. The van der Waals surface area contributed by atoms with Gasteiger partial charge in [0.2, 0.25) is 0 Å². The van der Waals surface area contributed by atoms with Crippen molar-refractivity contribution in [3.63, 3.8) is 0 Å². The number of para-hydroxylation sites is 1. The topological polar surface area (TPSA) is 91.7 Å². The van der Waals surface area contributed by atoms with E-state index in [0.717, 1.165) is 11.9 Å². The Morgan fingerprint density at radius 2 is 2.20 bits per heavy atom. The van der Waals surface area contributed by atoms with Gasteiger partial charge in [0.25, 0.3) is 5.91 Å². The summed E-state index contributed by atoms with van der Waals surface area (Å²) in [7, 11) is 0. The van der Waals surface area contributed by atoms with E-state index in [2.05, 4.69) is 5.43 Å². The summed E-state index contributed by atoms with van der Waals surface area (Å²) in [5.74, 6) is 5.44. The number of carbonyl (C=O) groups excluding carboxylic acids is 1. The number of nitrogens with zero attached hydrogens (tertiary/aromatic N) is 1. The van der Waals surface area contributed by atoms with Crippen molar-refractivity contribution in [1.82, 2.24) is 10.3 Å². The molecule has 0 saturated carbocycles. The van der Waals surface area contributed by atoms with Gasteiger partial charge in [0, 0.05) is 11.9 Å². The molecule has 20 heavy (non-hydrogen) atoms. The average molecular weight is 277 g/mol. The summed E-state index contributed by atoms with van der Waals surface area (Å²) >= 11 is 0. The van der Waals surface area contributed by atoms with Crippen LogP contribution < -0.4 is 11.3 Å². The van der Waals surface area contributed by atoms with Crippen LogP contribution in [0.2, 0.25) is 0 Å². The van der Waals surface area contributed by atoms with Crippen molar-refractivity contribution in [3.05, 3.63) is 35.6 Å². The third-order valence-corrected chi connectivity index (χ3v) is 3.26. The Bertz CT molecular complexity index is 594. The van der Waals surface area contributed by atoms with Gasteiger partial charge in [-0.2, -0.15) is 0 Å². The van der Waals surface area contributed by atoms with Crippen LogP contribution in [-0.2, 0) is 6.54 Å². The number of amides is 1. The SMILES string of the molecule is CCN(CCO)Cc1oc2ccccc2c1C(=O)NN. The minimum Gasteiger partial charge on any atom is -0.459 e. The van der Waals surface area contributed by atoms with Crippen LogP contribution in [0.3, 0.4) is 0 Å². The summed E-state index contributed by atoms with van der Waals surface area (Å²) in [5.41, 5.74) is 3.27. The minimum atomic E-state index is -0.370. The van der Waals surface area contributed by atoms with Gasteiger partial charge in [-0.3, -0.25) is 15.1 Å². The molecule has 0 saturated heterocycles. The molecule has 0 atom stereocenters. The Balaban J connectivity index is 2.43. The van der Waals surface area contributed by atoms with Crippen molar-refractivity contribution in [3.8, 4) is 0 Å². The first-order valence-corrected chi connectivity index (χ1v) is 6.55. The number of nitrogens with one attached hydrogen (secondary N) is 1. The summed E-state index contributed by atoms with van der Waals surface area (Å²) in [4.78, 5) is 14.0. The Hall–Kier alpha value is -1.89. The molecular formula is C14H19N3O3. The number of aliphatic hydroxyl groups is 1. The second-order valence-electron chi connectivity index (χ2n) is 4.46. The van der Waals surface area contributed by atoms with Crippen LogP contribution in [-0.4, -0.2) is 35.6 Å². The molecule has 6 nitrogen and oxygen atoms in total. The number of nitrogen functional groups attached to an aromatic ring is 1. The molecule has 0 unspecified atom stereocenters. The van der Waals surface area contributed by atoms with Crippen molar-refractivity contribution in [2.75, 3.05) is 19.7 Å². The highest BCUT2D eigenvalue weighted by molar-refractivity contribution is 6.07. The first-order valence-electron chi connectivity index (χ1n) is 6.55. The van der Waals surface area contributed by atoms with Gasteiger partial charge in [-0.1, -0.05) is 25.1 Å². The number of nitrogens with two attached hydrogens (primary N) is 1. The van der Waals surface area contributed by atoms with E-state index in [9.17, 15) is 4.79 Å². The molecule has 1 aromatic carbocycles. The number of hydrogen-bond donors (Lipinski definition) is 3. The molecule has 0 radical (unpaired) electrons. The maximum atomic E-state index is 12.0. The first-order chi connectivity index (χ1) is 9.71. The number of aliphatic hydroxyl groups excluding tert-OH is 1. The number of fused-ring (bicyclic) bond motifs is 1. The van der Waals surface area contributed by atoms with E-state index in [1.165, 1.54) is 0 Å². The minimum absolute atomic E-state index is 0.0620. The van der Waals surface area contributed by atoms with Crippen LogP contribution in [0.1, 0.15) is 23.0 Å². The van der Waals surface area contributed by atoms with Gasteiger partial charge >= 0.3 is 0 Å². The van der Waals surface area contributed by atoms with Crippen molar-refractivity contribution < 1.29 is 14.3 Å². The van der Waals surface area contributed by atoms with E-state index in [0.29, 0.717) is 30.0 Å². The zero-order chi connectivity index (χ0) is 14.5. The monoisotopic (exact) mass is 277 g/mol. The molecule has 0 aliphatic carbocycles. The molecule has 0 bridgehead atoms. The second kappa shape index (κ2) is 6.51. The molecule has 1 amide bonds. The highest BCUT2D eigenvalue weighted by Gasteiger charge is 2.21. The van der Waals surface area contributed by atoms with Gasteiger partial charge in [-0.05, 0) is 12.6 Å². The lowest BCUT2D eigenvalue weighted by Gasteiger charge is -2.17. The number of rotatable bonds is 6. The van der Waals surface area contributed by atoms with Gasteiger partial charge in [0.15, 0.2) is 0 Å². The Kier molecular flexibility index (Phi) is 4.73. The number of hydrogen-bond acceptors (Lipinski definition) is 5. The van der Waals surface area contributed by atoms with Crippen molar-refractivity contribution >= 4 is 16.9 Å². The molecule has 0 aliphatic rings. The summed E-state index contributed by atoms with van der Waals surface area (Å²) < 4.78 is 5.76. The average Bonchev–Trinajstić information content (AvgIpc) is 2.83. The van der Waals surface area contributed by atoms with Crippen LogP contribution >= 0.6 is 0 Å². The zero-order valence-electron chi connectivity index (χ0n) is 11.4. The lowest BCUT2D eigenvalue weighted by molar-refractivity contribution is 0.0951. The summed E-state index contributed by atoms with van der Waals surface area (Å²) in [6, 6.07) is 7.34. The third-order valence-electron chi connectivity index (χ3n) is 3.26. The van der Waals surface area contributed by atoms with E-state index in [1.54, 1.807) is 0 Å². The maximum Gasteiger partial charge on any atom is 0.269 e. The molecular weight excluding hydrogens is 258 g/mol. The van der Waals surface area contributed by atoms with Crippen molar-refractivity contribution in [2.24, 2.45) is 5.84 Å². The third kappa shape index (κ3) is 2.82. The fourth-order valence-electron chi connectivity index (χ4n) is 2.22. The van der Waals surface area contributed by atoms with Crippen molar-refractivity contribution in [2.45, 2.75) is 13.5 Å². The fraction of sp³-hybridized carbons (Fsp3) is 0.357. The Morgan fingerprint density at radius 1 is 1.45 bits per heavy atom. The molecule has 2 aromatic rings. The van der Waals surface area contributed by atoms with Crippen LogP contribution in [0, 0.1) is 0 Å². The maximum absolute atomic E-state index is 12.0. The van der Waals surface area contributed by atoms with Gasteiger partial charge in [0.05, 0.1) is 18.7 Å². The number of likely N-dealkylation sites (N-methyl/N-ethyl adjacent to an activating group) is 1. The zero-order valence-corrected chi connectivity index (χ0v) is 11.4. The molecule has 4 N–H and O–H groups in total. The number of carbonyl (C=O) groups is 1. The van der Waals surface area contributed by atoms with Crippen LogP contribution in [0.25, 0.3) is 11.0 Å².